The first-order valence-electron chi connectivity index (χ1n) is 12.7. The van der Waals surface area contributed by atoms with Gasteiger partial charge in [0.2, 0.25) is 0 Å². The van der Waals surface area contributed by atoms with Crippen molar-refractivity contribution in [3.8, 4) is 0 Å². The predicted molar refractivity (Wildman–Crippen MR) is 130 cm³/mol. The monoisotopic (exact) mass is 408 g/mol. The Balaban J connectivity index is 1.36. The van der Waals surface area contributed by atoms with E-state index in [0.717, 1.165) is 43.3 Å². The lowest BCUT2D eigenvalue weighted by atomic mass is 9.68. The van der Waals surface area contributed by atoms with Crippen LogP contribution in [-0.4, -0.2) is 6.61 Å². The molecule has 3 rings (SSSR count). The van der Waals surface area contributed by atoms with Crippen LogP contribution in [0, 0.1) is 17.8 Å². The van der Waals surface area contributed by atoms with Gasteiger partial charge in [0.15, 0.2) is 0 Å². The van der Waals surface area contributed by atoms with Crippen LogP contribution < -0.4 is 0 Å². The fourth-order valence-electron chi connectivity index (χ4n) is 5.67. The number of rotatable bonds is 10. The van der Waals surface area contributed by atoms with E-state index in [9.17, 15) is 0 Å². The van der Waals surface area contributed by atoms with Crippen molar-refractivity contribution in [2.75, 3.05) is 6.61 Å². The zero-order chi connectivity index (χ0) is 21.0. The Morgan fingerprint density at radius 3 is 2.13 bits per heavy atom. The fourth-order valence-corrected chi connectivity index (χ4v) is 5.67. The lowest BCUT2D eigenvalue weighted by Gasteiger charge is -2.38. The first-order valence-corrected chi connectivity index (χ1v) is 12.7. The average molecular weight is 409 g/mol. The molecule has 1 nitrogen and oxygen atoms in total. The van der Waals surface area contributed by atoms with Gasteiger partial charge >= 0.3 is 0 Å². The third kappa shape index (κ3) is 7.41. The van der Waals surface area contributed by atoms with Crippen molar-refractivity contribution < 1.29 is 4.74 Å². The van der Waals surface area contributed by atoms with Gasteiger partial charge in [0.1, 0.15) is 0 Å². The zero-order valence-electron chi connectivity index (χ0n) is 19.5. The van der Waals surface area contributed by atoms with E-state index in [1.165, 1.54) is 69.8 Å². The van der Waals surface area contributed by atoms with Gasteiger partial charge in [-0.05, 0) is 112 Å². The molecule has 1 aromatic carbocycles. The van der Waals surface area contributed by atoms with Crippen molar-refractivity contribution in [1.29, 1.82) is 0 Å². The molecule has 0 aromatic heterocycles. The van der Waals surface area contributed by atoms with E-state index in [2.05, 4.69) is 62.4 Å². The van der Waals surface area contributed by atoms with E-state index >= 15 is 0 Å². The summed E-state index contributed by atoms with van der Waals surface area (Å²) in [6.45, 7) is 5.85. The zero-order valence-corrected chi connectivity index (χ0v) is 19.5. The molecule has 1 heteroatoms. The van der Waals surface area contributed by atoms with Crippen LogP contribution in [0.1, 0.15) is 102 Å². The van der Waals surface area contributed by atoms with Crippen LogP contribution in [0.25, 0.3) is 0 Å². The molecule has 2 aliphatic rings. The smallest absolute Gasteiger partial charge is 0.0717 e. The number of ether oxygens (including phenoxy) is 1. The third-order valence-electron chi connectivity index (χ3n) is 7.59. The van der Waals surface area contributed by atoms with E-state index < -0.39 is 0 Å². The summed E-state index contributed by atoms with van der Waals surface area (Å²) < 4.78 is 5.77. The SMILES string of the molecule is CC=CCCOCc1ccc([C@H]2CC[C@H]([C@H]3CC[C@H](CC=CCC)CC3)CC2)cc1. The van der Waals surface area contributed by atoms with Crippen LogP contribution in [0.4, 0.5) is 0 Å². The third-order valence-corrected chi connectivity index (χ3v) is 7.59. The molecule has 2 aliphatic carbocycles. The molecule has 30 heavy (non-hydrogen) atoms. The molecule has 0 unspecified atom stereocenters. The Labute approximate surface area is 186 Å². The molecule has 0 amide bonds. The van der Waals surface area contributed by atoms with E-state index in [0.29, 0.717) is 0 Å². The molecule has 2 saturated carbocycles. The highest BCUT2D eigenvalue weighted by Crippen LogP contribution is 2.44. The maximum Gasteiger partial charge on any atom is 0.0717 e. The predicted octanol–water partition coefficient (Wildman–Crippen LogP) is 8.61. The number of hydrogen-bond donors (Lipinski definition) is 0. The summed E-state index contributed by atoms with van der Waals surface area (Å²) in [5.74, 6) is 3.75. The Kier molecular flexibility index (Phi) is 10.2. The number of allylic oxidation sites excluding steroid dienone is 3. The van der Waals surface area contributed by atoms with Gasteiger partial charge in [0, 0.05) is 0 Å². The quantitative estimate of drug-likeness (QED) is 0.278. The second-order valence-corrected chi connectivity index (χ2v) is 9.66. The topological polar surface area (TPSA) is 9.23 Å². The summed E-state index contributed by atoms with van der Waals surface area (Å²) >= 11 is 0. The first-order chi connectivity index (χ1) is 14.8. The summed E-state index contributed by atoms with van der Waals surface area (Å²) in [6.07, 6.45) is 24.1. The largest absolute Gasteiger partial charge is 0.376 e. The molecule has 1 aromatic rings. The molecular weight excluding hydrogens is 364 g/mol. The second-order valence-electron chi connectivity index (χ2n) is 9.66. The number of benzene rings is 1. The Bertz CT molecular complexity index is 625. The molecule has 0 radical (unpaired) electrons. The summed E-state index contributed by atoms with van der Waals surface area (Å²) in [7, 11) is 0. The Morgan fingerprint density at radius 2 is 1.50 bits per heavy atom. The van der Waals surface area contributed by atoms with E-state index in [1.54, 1.807) is 5.56 Å². The molecule has 0 aliphatic heterocycles. The van der Waals surface area contributed by atoms with Crippen molar-refractivity contribution in [3.63, 3.8) is 0 Å². The van der Waals surface area contributed by atoms with Crippen molar-refractivity contribution >= 4 is 0 Å². The first kappa shape index (κ1) is 23.3. The normalized spacial score (nSPS) is 27.8. The highest BCUT2D eigenvalue weighted by atomic mass is 16.5. The van der Waals surface area contributed by atoms with Gasteiger partial charge in [0.25, 0.3) is 0 Å². The van der Waals surface area contributed by atoms with Gasteiger partial charge in [0.05, 0.1) is 13.2 Å². The molecule has 0 N–H and O–H groups in total. The van der Waals surface area contributed by atoms with E-state index in [-0.39, 0.29) is 0 Å². The van der Waals surface area contributed by atoms with Crippen molar-refractivity contribution in [2.45, 2.75) is 97.0 Å². The van der Waals surface area contributed by atoms with Gasteiger partial charge in [-0.25, -0.2) is 0 Å². The summed E-state index contributed by atoms with van der Waals surface area (Å²) in [5.41, 5.74) is 2.86. The average Bonchev–Trinajstić information content (AvgIpc) is 2.80. The Morgan fingerprint density at radius 1 is 0.833 bits per heavy atom. The minimum Gasteiger partial charge on any atom is -0.376 e. The highest BCUT2D eigenvalue weighted by Gasteiger charge is 2.30. The summed E-state index contributed by atoms with van der Waals surface area (Å²) in [4.78, 5) is 0. The van der Waals surface area contributed by atoms with E-state index in [4.69, 9.17) is 4.74 Å². The van der Waals surface area contributed by atoms with Crippen LogP contribution in [0.5, 0.6) is 0 Å². The van der Waals surface area contributed by atoms with Crippen LogP contribution in [0.15, 0.2) is 48.6 Å². The van der Waals surface area contributed by atoms with Gasteiger partial charge in [-0.3, -0.25) is 0 Å². The van der Waals surface area contributed by atoms with Gasteiger partial charge in [-0.1, -0.05) is 55.5 Å². The Hall–Kier alpha value is -1.34. The minimum atomic E-state index is 0.738. The molecule has 166 valence electrons. The molecule has 0 atom stereocenters. The summed E-state index contributed by atoms with van der Waals surface area (Å²) in [6, 6.07) is 9.30. The van der Waals surface area contributed by atoms with Crippen LogP contribution in [-0.2, 0) is 11.3 Å². The molecule has 0 heterocycles. The fraction of sp³-hybridized carbons (Fsp3) is 0.655. The highest BCUT2D eigenvalue weighted by molar-refractivity contribution is 5.25. The van der Waals surface area contributed by atoms with E-state index in [1.807, 2.05) is 0 Å². The molecule has 2 fully saturated rings. The van der Waals surface area contributed by atoms with Gasteiger partial charge in [-0.15, -0.1) is 0 Å². The van der Waals surface area contributed by atoms with Gasteiger partial charge < -0.3 is 4.74 Å². The van der Waals surface area contributed by atoms with Crippen LogP contribution in [0.2, 0.25) is 0 Å². The maximum absolute atomic E-state index is 5.77. The minimum absolute atomic E-state index is 0.738. The van der Waals surface area contributed by atoms with Crippen molar-refractivity contribution in [2.24, 2.45) is 17.8 Å². The summed E-state index contributed by atoms with van der Waals surface area (Å²) in [5, 5.41) is 0. The van der Waals surface area contributed by atoms with Crippen LogP contribution >= 0.6 is 0 Å². The standard InChI is InChI=1S/C29H44O/c1-3-5-7-9-24-10-14-26(15-11-24)28-18-20-29(21-19-28)27-16-12-25(13-17-27)23-30-22-8-6-4-2/h4-7,12-13,16-17,24,26,28-29H,3,8-11,14-15,18-23H2,1-2H3/t24-,26-,28-,29-. The van der Waals surface area contributed by atoms with Crippen molar-refractivity contribution in [1.82, 2.24) is 0 Å². The number of hydrogen-bond acceptors (Lipinski definition) is 1. The molecule has 0 bridgehead atoms. The molecule has 0 saturated heterocycles. The second kappa shape index (κ2) is 13.2. The van der Waals surface area contributed by atoms with Crippen molar-refractivity contribution in [3.05, 3.63) is 59.7 Å². The van der Waals surface area contributed by atoms with Crippen LogP contribution in [0.3, 0.4) is 0 Å². The lowest BCUT2D eigenvalue weighted by molar-refractivity contribution is 0.125. The van der Waals surface area contributed by atoms with Gasteiger partial charge in [-0.2, -0.15) is 0 Å². The lowest BCUT2D eigenvalue weighted by Crippen LogP contribution is -2.25. The molecular formula is C29H44O. The maximum atomic E-state index is 5.77. The molecule has 0 spiro atoms.